The Morgan fingerprint density at radius 2 is 2.21 bits per heavy atom. The summed E-state index contributed by atoms with van der Waals surface area (Å²) in [6.45, 7) is 1.44. The van der Waals surface area contributed by atoms with Crippen molar-refractivity contribution >= 4 is 5.84 Å². The Kier molecular flexibility index (Phi) is 2.77. The number of hydrogen-bond acceptors (Lipinski definition) is 2. The van der Waals surface area contributed by atoms with Gasteiger partial charge in [0.25, 0.3) is 0 Å². The lowest BCUT2D eigenvalue weighted by Gasteiger charge is -2.06. The SMILES string of the molecule is Fc1ccccc1CNC1=NCCC1. The first kappa shape index (κ1) is 9.19. The normalized spacial score (nSPS) is 15.4. The van der Waals surface area contributed by atoms with Gasteiger partial charge in [-0.15, -0.1) is 0 Å². The van der Waals surface area contributed by atoms with Gasteiger partial charge in [0.2, 0.25) is 0 Å². The Hall–Kier alpha value is -1.38. The standard InChI is InChI=1S/C11H13FN2/c12-10-5-2-1-4-9(10)8-14-11-6-3-7-13-11/h1-2,4-5H,3,6-8H2,(H,13,14). The molecule has 0 aromatic heterocycles. The molecule has 0 saturated carbocycles. The van der Waals surface area contributed by atoms with E-state index in [1.54, 1.807) is 12.1 Å². The van der Waals surface area contributed by atoms with E-state index in [1.165, 1.54) is 6.07 Å². The van der Waals surface area contributed by atoms with E-state index in [1.807, 2.05) is 6.07 Å². The molecule has 1 aliphatic heterocycles. The smallest absolute Gasteiger partial charge is 0.128 e. The fraction of sp³-hybridized carbons (Fsp3) is 0.364. The van der Waals surface area contributed by atoms with Crippen LogP contribution in [0.3, 0.4) is 0 Å². The molecule has 14 heavy (non-hydrogen) atoms. The monoisotopic (exact) mass is 192 g/mol. The lowest BCUT2D eigenvalue weighted by molar-refractivity contribution is 0.606. The first-order chi connectivity index (χ1) is 6.86. The number of aliphatic imine (C=N–C) groups is 1. The van der Waals surface area contributed by atoms with Gasteiger partial charge in [-0.25, -0.2) is 4.39 Å². The molecule has 0 fully saturated rings. The van der Waals surface area contributed by atoms with E-state index in [0.29, 0.717) is 12.1 Å². The molecule has 2 nitrogen and oxygen atoms in total. The highest BCUT2D eigenvalue weighted by atomic mass is 19.1. The summed E-state index contributed by atoms with van der Waals surface area (Å²) in [5.74, 6) is 0.854. The Morgan fingerprint density at radius 3 is 2.93 bits per heavy atom. The Morgan fingerprint density at radius 1 is 1.36 bits per heavy atom. The fourth-order valence-electron chi connectivity index (χ4n) is 1.52. The van der Waals surface area contributed by atoms with Gasteiger partial charge in [-0.3, -0.25) is 4.99 Å². The third-order valence-corrected chi connectivity index (χ3v) is 2.32. The summed E-state index contributed by atoms with van der Waals surface area (Å²) < 4.78 is 13.2. The molecular weight excluding hydrogens is 179 g/mol. The van der Waals surface area contributed by atoms with Crippen molar-refractivity contribution in [3.63, 3.8) is 0 Å². The van der Waals surface area contributed by atoms with Crippen LogP contribution in [0.4, 0.5) is 4.39 Å². The molecule has 1 heterocycles. The molecule has 0 atom stereocenters. The number of benzene rings is 1. The van der Waals surface area contributed by atoms with Crippen molar-refractivity contribution in [3.05, 3.63) is 35.6 Å². The van der Waals surface area contributed by atoms with Gasteiger partial charge in [-0.05, 0) is 12.5 Å². The molecule has 74 valence electrons. The van der Waals surface area contributed by atoms with E-state index in [-0.39, 0.29) is 5.82 Å². The Balaban J connectivity index is 1.94. The molecule has 0 aliphatic carbocycles. The van der Waals surface area contributed by atoms with Crippen LogP contribution < -0.4 is 5.32 Å². The number of nitrogens with zero attached hydrogens (tertiary/aromatic N) is 1. The highest BCUT2D eigenvalue weighted by Crippen LogP contribution is 2.07. The molecule has 0 bridgehead atoms. The van der Waals surface area contributed by atoms with Crippen molar-refractivity contribution in [2.24, 2.45) is 4.99 Å². The summed E-state index contributed by atoms with van der Waals surface area (Å²) in [4.78, 5) is 4.26. The van der Waals surface area contributed by atoms with Crippen molar-refractivity contribution in [1.82, 2.24) is 5.32 Å². The van der Waals surface area contributed by atoms with Gasteiger partial charge in [-0.1, -0.05) is 18.2 Å². The molecule has 3 heteroatoms. The molecule has 1 aromatic rings. The molecule has 2 rings (SSSR count). The second-order valence-electron chi connectivity index (χ2n) is 3.38. The fourth-order valence-corrected chi connectivity index (χ4v) is 1.52. The number of hydrogen-bond donors (Lipinski definition) is 1. The van der Waals surface area contributed by atoms with Crippen LogP contribution >= 0.6 is 0 Å². The van der Waals surface area contributed by atoms with E-state index in [0.717, 1.165) is 25.2 Å². The summed E-state index contributed by atoms with van der Waals surface area (Å²) in [6.07, 6.45) is 2.11. The third-order valence-electron chi connectivity index (χ3n) is 2.32. The quantitative estimate of drug-likeness (QED) is 0.762. The van der Waals surface area contributed by atoms with E-state index in [4.69, 9.17) is 0 Å². The van der Waals surface area contributed by atoms with Gasteiger partial charge < -0.3 is 5.32 Å². The molecule has 1 N–H and O–H groups in total. The van der Waals surface area contributed by atoms with Gasteiger partial charge in [0.05, 0.1) is 5.84 Å². The molecule has 0 saturated heterocycles. The second-order valence-corrected chi connectivity index (χ2v) is 3.38. The zero-order valence-corrected chi connectivity index (χ0v) is 7.96. The van der Waals surface area contributed by atoms with E-state index >= 15 is 0 Å². The van der Waals surface area contributed by atoms with Crippen LogP contribution in [0.1, 0.15) is 18.4 Å². The highest BCUT2D eigenvalue weighted by molar-refractivity contribution is 5.83. The maximum absolute atomic E-state index is 13.2. The van der Waals surface area contributed by atoms with Crippen molar-refractivity contribution < 1.29 is 4.39 Å². The first-order valence-electron chi connectivity index (χ1n) is 4.87. The summed E-state index contributed by atoms with van der Waals surface area (Å²) in [5.41, 5.74) is 0.696. The number of rotatable bonds is 2. The van der Waals surface area contributed by atoms with Gasteiger partial charge >= 0.3 is 0 Å². The van der Waals surface area contributed by atoms with E-state index < -0.39 is 0 Å². The van der Waals surface area contributed by atoms with Crippen molar-refractivity contribution in [2.45, 2.75) is 19.4 Å². The average Bonchev–Trinajstić information content (AvgIpc) is 2.69. The van der Waals surface area contributed by atoms with Crippen LogP contribution in [0.15, 0.2) is 29.3 Å². The van der Waals surface area contributed by atoms with Gasteiger partial charge in [0.15, 0.2) is 0 Å². The van der Waals surface area contributed by atoms with Crippen molar-refractivity contribution in [2.75, 3.05) is 6.54 Å². The predicted molar refractivity (Wildman–Crippen MR) is 54.8 cm³/mol. The minimum atomic E-state index is -0.154. The molecule has 1 aromatic carbocycles. The Labute approximate surface area is 82.9 Å². The maximum atomic E-state index is 13.2. The molecule has 1 aliphatic rings. The number of halogens is 1. The molecular formula is C11H13FN2. The second kappa shape index (κ2) is 4.22. The minimum absolute atomic E-state index is 0.154. The van der Waals surface area contributed by atoms with Gasteiger partial charge in [0.1, 0.15) is 5.82 Å². The number of nitrogens with one attached hydrogen (secondary N) is 1. The van der Waals surface area contributed by atoms with Crippen LogP contribution in [0.2, 0.25) is 0 Å². The largest absolute Gasteiger partial charge is 0.370 e. The predicted octanol–water partition coefficient (Wildman–Crippen LogP) is 2.11. The van der Waals surface area contributed by atoms with Crippen LogP contribution in [-0.4, -0.2) is 12.4 Å². The molecule has 0 radical (unpaired) electrons. The van der Waals surface area contributed by atoms with E-state index in [2.05, 4.69) is 10.3 Å². The number of amidine groups is 1. The van der Waals surface area contributed by atoms with Crippen LogP contribution in [0, 0.1) is 5.82 Å². The zero-order valence-electron chi connectivity index (χ0n) is 7.96. The molecule has 0 unspecified atom stereocenters. The summed E-state index contributed by atoms with van der Waals surface area (Å²) >= 11 is 0. The third kappa shape index (κ3) is 2.10. The van der Waals surface area contributed by atoms with E-state index in [9.17, 15) is 4.39 Å². The van der Waals surface area contributed by atoms with Gasteiger partial charge in [-0.2, -0.15) is 0 Å². The highest BCUT2D eigenvalue weighted by Gasteiger charge is 2.06. The summed E-state index contributed by atoms with van der Waals surface area (Å²) in [5, 5.41) is 3.15. The topological polar surface area (TPSA) is 24.4 Å². The van der Waals surface area contributed by atoms with Crippen LogP contribution in [0.25, 0.3) is 0 Å². The average molecular weight is 192 g/mol. The minimum Gasteiger partial charge on any atom is -0.370 e. The van der Waals surface area contributed by atoms with Crippen LogP contribution in [-0.2, 0) is 6.54 Å². The van der Waals surface area contributed by atoms with Crippen molar-refractivity contribution in [3.8, 4) is 0 Å². The molecule has 0 spiro atoms. The summed E-state index contributed by atoms with van der Waals surface area (Å²) in [6, 6.07) is 6.81. The van der Waals surface area contributed by atoms with Gasteiger partial charge in [0, 0.05) is 25.1 Å². The summed E-state index contributed by atoms with van der Waals surface area (Å²) in [7, 11) is 0. The first-order valence-corrected chi connectivity index (χ1v) is 4.87. The molecule has 0 amide bonds. The zero-order chi connectivity index (χ0) is 9.80. The van der Waals surface area contributed by atoms with Crippen molar-refractivity contribution in [1.29, 1.82) is 0 Å². The van der Waals surface area contributed by atoms with Crippen LogP contribution in [0.5, 0.6) is 0 Å². The maximum Gasteiger partial charge on any atom is 0.128 e. The lowest BCUT2D eigenvalue weighted by atomic mass is 10.2. The Bertz CT molecular complexity index is 347. The lowest BCUT2D eigenvalue weighted by Crippen LogP contribution is -2.21.